The quantitative estimate of drug-likeness (QED) is 0.800. The van der Waals surface area contributed by atoms with Crippen LogP contribution in [0, 0.1) is 6.92 Å². The maximum absolute atomic E-state index is 12.0. The number of halogens is 1. The topological polar surface area (TPSA) is 72.4 Å². The highest BCUT2D eigenvalue weighted by molar-refractivity contribution is 5.93. The maximum Gasteiger partial charge on any atom is 0.276 e. The molecule has 2 N–H and O–H groups in total. The summed E-state index contributed by atoms with van der Waals surface area (Å²) in [4.78, 5) is 17.6. The minimum absolute atomic E-state index is 0. The van der Waals surface area contributed by atoms with Crippen LogP contribution in [0.2, 0.25) is 0 Å². The summed E-state index contributed by atoms with van der Waals surface area (Å²) in [6, 6.07) is 0.0925. The van der Waals surface area contributed by atoms with Crippen LogP contribution in [-0.4, -0.2) is 34.9 Å². The molecule has 1 saturated heterocycles. The van der Waals surface area contributed by atoms with Gasteiger partial charge in [0.15, 0.2) is 12.1 Å². The van der Waals surface area contributed by atoms with Crippen LogP contribution in [0.5, 0.6) is 0 Å². The maximum atomic E-state index is 12.0. The number of carbonyl (C=O) groups excluding carboxylic acids is 1. The van der Waals surface area contributed by atoms with Crippen molar-refractivity contribution in [2.45, 2.75) is 25.8 Å². The Kier molecular flexibility index (Phi) is 4.32. The van der Waals surface area contributed by atoms with E-state index in [9.17, 15) is 4.79 Å². The average Bonchev–Trinajstić information content (AvgIpc) is 2.63. The van der Waals surface area contributed by atoms with Gasteiger partial charge in [-0.25, -0.2) is 4.98 Å². The van der Waals surface area contributed by atoms with E-state index in [-0.39, 0.29) is 24.4 Å². The predicted molar refractivity (Wildman–Crippen MR) is 61.6 cm³/mol. The van der Waals surface area contributed by atoms with E-state index >= 15 is 0 Å². The molecule has 1 aromatic rings. The van der Waals surface area contributed by atoms with Gasteiger partial charge in [0.05, 0.1) is 0 Å². The van der Waals surface area contributed by atoms with Gasteiger partial charge in [0, 0.05) is 19.1 Å². The molecular weight excluding hydrogens is 230 g/mol. The van der Waals surface area contributed by atoms with E-state index in [1.807, 2.05) is 0 Å². The van der Waals surface area contributed by atoms with Gasteiger partial charge < -0.3 is 15.1 Å². The van der Waals surface area contributed by atoms with Gasteiger partial charge in [0.25, 0.3) is 5.91 Å². The number of amides is 1. The number of oxazole rings is 1. The normalized spacial score (nSPS) is 20.4. The van der Waals surface area contributed by atoms with Crippen LogP contribution >= 0.6 is 12.4 Å². The molecule has 6 heteroatoms. The van der Waals surface area contributed by atoms with Gasteiger partial charge in [-0.1, -0.05) is 0 Å². The number of aryl methyl sites for hydroxylation is 1. The number of aromatic nitrogens is 1. The highest BCUT2D eigenvalue weighted by atomic mass is 35.5. The van der Waals surface area contributed by atoms with E-state index in [2.05, 4.69) is 4.98 Å². The zero-order chi connectivity index (χ0) is 10.8. The third-order valence-electron chi connectivity index (χ3n) is 2.69. The largest absolute Gasteiger partial charge is 0.448 e. The first kappa shape index (κ1) is 13.0. The third kappa shape index (κ3) is 2.54. The first-order valence-corrected chi connectivity index (χ1v) is 5.13. The molecule has 0 spiro atoms. The molecular formula is C10H16ClN3O2. The molecule has 1 fully saturated rings. The lowest BCUT2D eigenvalue weighted by atomic mass is 10.1. The highest BCUT2D eigenvalue weighted by Crippen LogP contribution is 2.13. The van der Waals surface area contributed by atoms with Gasteiger partial charge in [-0.05, 0) is 19.8 Å². The van der Waals surface area contributed by atoms with Crippen molar-refractivity contribution < 1.29 is 9.21 Å². The summed E-state index contributed by atoms with van der Waals surface area (Å²) in [6.07, 6.45) is 3.25. The third-order valence-corrected chi connectivity index (χ3v) is 2.69. The first-order chi connectivity index (χ1) is 7.18. The SMILES string of the molecule is Cc1ocnc1C(=O)N1CCCC(N)C1.Cl. The minimum atomic E-state index is -0.0728. The van der Waals surface area contributed by atoms with Gasteiger partial charge in [0.2, 0.25) is 0 Å². The Balaban J connectivity index is 0.00000128. The number of piperidine rings is 1. The number of hydrogen-bond acceptors (Lipinski definition) is 4. The zero-order valence-corrected chi connectivity index (χ0v) is 10.00. The molecule has 1 atom stereocenters. The molecule has 0 aromatic carbocycles. The lowest BCUT2D eigenvalue weighted by molar-refractivity contribution is 0.0702. The molecule has 90 valence electrons. The van der Waals surface area contributed by atoms with E-state index in [0.29, 0.717) is 18.0 Å². The monoisotopic (exact) mass is 245 g/mol. The van der Waals surface area contributed by atoms with E-state index in [1.54, 1.807) is 11.8 Å². The van der Waals surface area contributed by atoms with Crippen molar-refractivity contribution in [2.24, 2.45) is 5.73 Å². The van der Waals surface area contributed by atoms with Crippen molar-refractivity contribution in [1.29, 1.82) is 0 Å². The Morgan fingerprint density at radius 2 is 2.44 bits per heavy atom. The minimum Gasteiger partial charge on any atom is -0.448 e. The van der Waals surface area contributed by atoms with E-state index in [1.165, 1.54) is 6.39 Å². The summed E-state index contributed by atoms with van der Waals surface area (Å²) in [5, 5.41) is 0. The van der Waals surface area contributed by atoms with Crippen LogP contribution < -0.4 is 5.73 Å². The second-order valence-electron chi connectivity index (χ2n) is 3.91. The van der Waals surface area contributed by atoms with Crippen LogP contribution in [0.4, 0.5) is 0 Å². The Morgan fingerprint density at radius 1 is 1.69 bits per heavy atom. The Labute approximate surface area is 100 Å². The van der Waals surface area contributed by atoms with Crippen molar-refractivity contribution >= 4 is 18.3 Å². The summed E-state index contributed by atoms with van der Waals surface area (Å²) < 4.78 is 5.01. The molecule has 0 saturated carbocycles. The summed E-state index contributed by atoms with van der Waals surface area (Å²) in [6.45, 7) is 3.12. The molecule has 1 aliphatic rings. The number of rotatable bonds is 1. The second kappa shape index (κ2) is 5.32. The molecule has 16 heavy (non-hydrogen) atoms. The smallest absolute Gasteiger partial charge is 0.276 e. The second-order valence-corrected chi connectivity index (χ2v) is 3.91. The molecule has 1 unspecified atom stereocenters. The molecule has 2 rings (SSSR count). The van der Waals surface area contributed by atoms with Gasteiger partial charge in [-0.15, -0.1) is 12.4 Å². The number of carbonyl (C=O) groups is 1. The number of nitrogens with two attached hydrogens (primary N) is 1. The van der Waals surface area contributed by atoms with Gasteiger partial charge in [0.1, 0.15) is 5.76 Å². The predicted octanol–water partition coefficient (Wildman–Crippen LogP) is 0.968. The fourth-order valence-corrected chi connectivity index (χ4v) is 1.85. The number of likely N-dealkylation sites (tertiary alicyclic amines) is 1. The molecule has 0 aliphatic carbocycles. The fraction of sp³-hybridized carbons (Fsp3) is 0.600. The zero-order valence-electron chi connectivity index (χ0n) is 9.18. The van der Waals surface area contributed by atoms with E-state index in [0.717, 1.165) is 19.4 Å². The molecule has 0 radical (unpaired) electrons. The van der Waals surface area contributed by atoms with Crippen molar-refractivity contribution in [3.63, 3.8) is 0 Å². The van der Waals surface area contributed by atoms with Crippen LogP contribution in [0.3, 0.4) is 0 Å². The van der Waals surface area contributed by atoms with Crippen LogP contribution in [-0.2, 0) is 0 Å². The highest BCUT2D eigenvalue weighted by Gasteiger charge is 2.25. The van der Waals surface area contributed by atoms with E-state index < -0.39 is 0 Å². The fourth-order valence-electron chi connectivity index (χ4n) is 1.85. The first-order valence-electron chi connectivity index (χ1n) is 5.13. The summed E-state index contributed by atoms with van der Waals surface area (Å²) in [5.74, 6) is 0.496. The van der Waals surface area contributed by atoms with Crippen molar-refractivity contribution in [2.75, 3.05) is 13.1 Å². The van der Waals surface area contributed by atoms with Gasteiger partial charge >= 0.3 is 0 Å². The van der Waals surface area contributed by atoms with Crippen molar-refractivity contribution in [3.05, 3.63) is 17.8 Å². The van der Waals surface area contributed by atoms with Crippen LogP contribution in [0.15, 0.2) is 10.8 Å². The number of nitrogens with zero attached hydrogens (tertiary/aromatic N) is 2. The van der Waals surface area contributed by atoms with Gasteiger partial charge in [-0.3, -0.25) is 4.79 Å². The van der Waals surface area contributed by atoms with Crippen LogP contribution in [0.1, 0.15) is 29.1 Å². The Morgan fingerprint density at radius 3 is 3.00 bits per heavy atom. The summed E-state index contributed by atoms with van der Waals surface area (Å²) in [5.41, 5.74) is 6.22. The molecule has 1 aliphatic heterocycles. The van der Waals surface area contributed by atoms with E-state index in [4.69, 9.17) is 10.2 Å². The molecule has 0 bridgehead atoms. The number of hydrogen-bond donors (Lipinski definition) is 1. The Bertz CT molecular complexity index is 367. The molecule has 1 amide bonds. The average molecular weight is 246 g/mol. The van der Waals surface area contributed by atoms with Gasteiger partial charge in [-0.2, -0.15) is 0 Å². The van der Waals surface area contributed by atoms with Crippen molar-refractivity contribution in [3.8, 4) is 0 Å². The summed E-state index contributed by atoms with van der Waals surface area (Å²) in [7, 11) is 0. The summed E-state index contributed by atoms with van der Waals surface area (Å²) >= 11 is 0. The molecule has 5 nitrogen and oxygen atoms in total. The lowest BCUT2D eigenvalue weighted by Gasteiger charge is -2.30. The standard InChI is InChI=1S/C10H15N3O2.ClH/c1-7-9(12-6-15-7)10(14)13-4-2-3-8(11)5-13;/h6,8H,2-5,11H2,1H3;1H. The lowest BCUT2D eigenvalue weighted by Crippen LogP contribution is -2.45. The van der Waals surface area contributed by atoms with Crippen LogP contribution in [0.25, 0.3) is 0 Å². The molecule has 1 aromatic heterocycles. The Hall–Kier alpha value is -1.07. The molecule has 2 heterocycles. The van der Waals surface area contributed by atoms with Crippen molar-refractivity contribution in [1.82, 2.24) is 9.88 Å².